The van der Waals surface area contributed by atoms with E-state index in [-0.39, 0.29) is 18.2 Å². The predicted octanol–water partition coefficient (Wildman–Crippen LogP) is 4.79. The van der Waals surface area contributed by atoms with Crippen LogP contribution in [0.15, 0.2) is 30.3 Å². The summed E-state index contributed by atoms with van der Waals surface area (Å²) in [5.74, 6) is -0.557. The highest BCUT2D eigenvalue weighted by Gasteiger charge is 2.39. The summed E-state index contributed by atoms with van der Waals surface area (Å²) >= 11 is 0. The number of carbonyl (C=O) groups excluding carboxylic acids is 4. The minimum atomic E-state index is -0.771. The Bertz CT molecular complexity index is 1020. The molecule has 2 aliphatic rings. The molecule has 1 aliphatic heterocycles. The van der Waals surface area contributed by atoms with E-state index in [9.17, 15) is 19.2 Å². The van der Waals surface area contributed by atoms with Crippen molar-refractivity contribution in [3.8, 4) is 5.75 Å². The maximum atomic E-state index is 13.7. The van der Waals surface area contributed by atoms with E-state index in [4.69, 9.17) is 9.47 Å². The fraction of sp³-hybridized carbons (Fsp3) is 0.677. The Labute approximate surface area is 238 Å². The highest BCUT2D eigenvalue weighted by molar-refractivity contribution is 5.90. The van der Waals surface area contributed by atoms with Crippen LogP contribution in [0.3, 0.4) is 0 Å². The fourth-order valence-electron chi connectivity index (χ4n) is 5.37. The third kappa shape index (κ3) is 9.52. The Morgan fingerprint density at radius 3 is 2.02 bits per heavy atom. The molecule has 0 aromatic heterocycles. The predicted molar refractivity (Wildman–Crippen MR) is 153 cm³/mol. The molecule has 3 amide bonds. The molecule has 1 saturated heterocycles. The molecule has 1 aromatic rings. The zero-order valence-electron chi connectivity index (χ0n) is 25.0. The second-order valence-electron chi connectivity index (χ2n) is 13.2. The summed E-state index contributed by atoms with van der Waals surface area (Å²) in [6.07, 6.45) is 4.54. The van der Waals surface area contributed by atoms with Crippen LogP contribution < -0.4 is 10.1 Å². The average Bonchev–Trinajstić information content (AvgIpc) is 3.38. The molecule has 9 heteroatoms. The van der Waals surface area contributed by atoms with Crippen molar-refractivity contribution in [1.82, 2.24) is 15.1 Å². The number of amides is 3. The van der Waals surface area contributed by atoms with Gasteiger partial charge < -0.3 is 24.6 Å². The molecular formula is C31H47N3O6. The zero-order valence-corrected chi connectivity index (χ0v) is 25.0. The summed E-state index contributed by atoms with van der Waals surface area (Å²) in [6, 6.07) is 8.11. The van der Waals surface area contributed by atoms with Crippen LogP contribution in [-0.4, -0.2) is 71.5 Å². The Hall–Kier alpha value is -3.10. The molecule has 2 atom stereocenters. The highest BCUT2D eigenvalue weighted by atomic mass is 16.6. The van der Waals surface area contributed by atoms with Gasteiger partial charge >= 0.3 is 12.1 Å². The lowest BCUT2D eigenvalue weighted by Crippen LogP contribution is -2.60. The van der Waals surface area contributed by atoms with Crippen LogP contribution in [0, 0.1) is 17.3 Å². The number of nitrogens with one attached hydrogen (secondary N) is 1. The molecule has 0 spiro atoms. The van der Waals surface area contributed by atoms with Gasteiger partial charge in [-0.1, -0.05) is 64.7 Å². The molecule has 9 nitrogen and oxygen atoms in total. The van der Waals surface area contributed by atoms with Gasteiger partial charge in [-0.2, -0.15) is 0 Å². The zero-order chi connectivity index (χ0) is 29.5. The molecule has 0 radical (unpaired) electrons. The topological polar surface area (TPSA) is 105 Å². The van der Waals surface area contributed by atoms with Crippen LogP contribution in [-0.2, 0) is 19.1 Å². The first kappa shape index (κ1) is 31.4. The van der Waals surface area contributed by atoms with Crippen molar-refractivity contribution < 1.29 is 28.7 Å². The molecule has 1 heterocycles. The Morgan fingerprint density at radius 1 is 0.900 bits per heavy atom. The number of benzene rings is 1. The third-order valence-electron chi connectivity index (χ3n) is 7.49. The molecular weight excluding hydrogens is 510 g/mol. The van der Waals surface area contributed by atoms with Crippen molar-refractivity contribution in [2.45, 2.75) is 91.7 Å². The van der Waals surface area contributed by atoms with E-state index in [1.807, 2.05) is 47.6 Å². The molecule has 1 aromatic carbocycles. The summed E-state index contributed by atoms with van der Waals surface area (Å²) < 4.78 is 11.0. The standard InChI is InChI=1S/C31H47N3O6/c1-30(2,3)26(28(37)33-16-18-34(19-17-33)29(38)39-24-14-8-7-9-15-24)32-27(36)23(20-22-12-10-11-13-22)21-25(35)40-31(4,5)6/h7-9,14-15,22-23,26H,10-13,16-21H2,1-6H3,(H,32,36)/t23?,26-/m1/s1. The molecule has 1 N–H and O–H groups in total. The number of para-hydroxylation sites is 1. The van der Waals surface area contributed by atoms with E-state index in [2.05, 4.69) is 5.32 Å². The third-order valence-corrected chi connectivity index (χ3v) is 7.49. The quantitative estimate of drug-likeness (QED) is 0.461. The van der Waals surface area contributed by atoms with Gasteiger partial charge in [0.25, 0.3) is 0 Å². The average molecular weight is 558 g/mol. The van der Waals surface area contributed by atoms with Gasteiger partial charge in [0.2, 0.25) is 11.8 Å². The van der Waals surface area contributed by atoms with Crippen LogP contribution in [0.1, 0.15) is 80.1 Å². The van der Waals surface area contributed by atoms with Crippen molar-refractivity contribution in [1.29, 1.82) is 0 Å². The van der Waals surface area contributed by atoms with Gasteiger partial charge in [0.1, 0.15) is 17.4 Å². The number of hydrogen-bond donors (Lipinski definition) is 1. The molecule has 1 aliphatic carbocycles. The number of carbonyl (C=O) groups is 4. The maximum Gasteiger partial charge on any atom is 0.415 e. The van der Waals surface area contributed by atoms with Crippen LogP contribution in [0.2, 0.25) is 0 Å². The number of hydrogen-bond acceptors (Lipinski definition) is 6. The van der Waals surface area contributed by atoms with E-state index in [1.165, 1.54) is 0 Å². The van der Waals surface area contributed by atoms with E-state index >= 15 is 0 Å². The summed E-state index contributed by atoms with van der Waals surface area (Å²) in [7, 11) is 0. The summed E-state index contributed by atoms with van der Waals surface area (Å²) in [4.78, 5) is 55.9. The molecule has 1 saturated carbocycles. The van der Waals surface area contributed by atoms with Gasteiger partial charge in [0, 0.05) is 32.1 Å². The molecule has 0 bridgehead atoms. The minimum Gasteiger partial charge on any atom is -0.460 e. The second-order valence-corrected chi connectivity index (χ2v) is 13.2. The monoisotopic (exact) mass is 557 g/mol. The van der Waals surface area contributed by atoms with Crippen molar-refractivity contribution in [3.63, 3.8) is 0 Å². The first-order valence-electron chi connectivity index (χ1n) is 14.6. The van der Waals surface area contributed by atoms with Crippen LogP contribution >= 0.6 is 0 Å². The fourth-order valence-corrected chi connectivity index (χ4v) is 5.37. The van der Waals surface area contributed by atoms with Crippen molar-refractivity contribution >= 4 is 23.9 Å². The number of rotatable bonds is 8. The smallest absolute Gasteiger partial charge is 0.415 e. The summed E-state index contributed by atoms with van der Waals surface area (Å²) in [5, 5.41) is 3.02. The first-order valence-corrected chi connectivity index (χ1v) is 14.6. The molecule has 40 heavy (non-hydrogen) atoms. The molecule has 1 unspecified atom stereocenters. The molecule has 222 valence electrons. The van der Waals surface area contributed by atoms with E-state index in [1.54, 1.807) is 34.1 Å². The van der Waals surface area contributed by atoms with Crippen molar-refractivity contribution in [2.24, 2.45) is 17.3 Å². The SMILES string of the molecule is CC(C)(C)OC(=O)CC(CC1CCCC1)C(=O)N[C@H](C(=O)N1CCN(C(=O)Oc2ccccc2)CC1)C(C)(C)C. The largest absolute Gasteiger partial charge is 0.460 e. The number of ether oxygens (including phenoxy) is 2. The Balaban J connectivity index is 1.64. The van der Waals surface area contributed by atoms with Gasteiger partial charge in [-0.05, 0) is 50.7 Å². The van der Waals surface area contributed by atoms with Gasteiger partial charge in [0.15, 0.2) is 0 Å². The first-order chi connectivity index (χ1) is 18.7. The number of piperazine rings is 1. The lowest BCUT2D eigenvalue weighted by atomic mass is 9.84. The lowest BCUT2D eigenvalue weighted by molar-refractivity contribution is -0.157. The lowest BCUT2D eigenvalue weighted by Gasteiger charge is -2.39. The van der Waals surface area contributed by atoms with E-state index in [0.717, 1.165) is 25.7 Å². The van der Waals surface area contributed by atoms with Gasteiger partial charge in [0.05, 0.1) is 6.42 Å². The van der Waals surface area contributed by atoms with Crippen molar-refractivity contribution in [2.75, 3.05) is 26.2 Å². The molecule has 3 rings (SSSR count). The second kappa shape index (κ2) is 13.5. The Kier molecular flexibility index (Phi) is 10.6. The molecule has 2 fully saturated rings. The number of esters is 1. The normalized spacial score (nSPS) is 18.1. The van der Waals surface area contributed by atoms with Crippen LogP contribution in [0.4, 0.5) is 4.79 Å². The van der Waals surface area contributed by atoms with Gasteiger partial charge in [-0.25, -0.2) is 4.79 Å². The van der Waals surface area contributed by atoms with Crippen LogP contribution in [0.25, 0.3) is 0 Å². The van der Waals surface area contributed by atoms with Gasteiger partial charge in [-0.15, -0.1) is 0 Å². The Morgan fingerprint density at radius 2 is 1.48 bits per heavy atom. The summed E-state index contributed by atoms with van der Waals surface area (Å²) in [5.41, 5.74) is -1.19. The maximum absolute atomic E-state index is 13.7. The van der Waals surface area contributed by atoms with Crippen LogP contribution in [0.5, 0.6) is 5.75 Å². The highest BCUT2D eigenvalue weighted by Crippen LogP contribution is 2.32. The minimum absolute atomic E-state index is 0.00709. The van der Waals surface area contributed by atoms with Gasteiger partial charge in [-0.3, -0.25) is 14.4 Å². The van der Waals surface area contributed by atoms with E-state index < -0.39 is 35.0 Å². The van der Waals surface area contributed by atoms with E-state index in [0.29, 0.717) is 44.3 Å². The summed E-state index contributed by atoms with van der Waals surface area (Å²) in [6.45, 7) is 12.6. The van der Waals surface area contributed by atoms with Crippen molar-refractivity contribution in [3.05, 3.63) is 30.3 Å². The number of nitrogens with zero attached hydrogens (tertiary/aromatic N) is 2.